The molecule has 2 amide bonds. The molecule has 4 nitrogen and oxygen atoms in total. The van der Waals surface area contributed by atoms with Crippen molar-refractivity contribution >= 4 is 40.2 Å². The van der Waals surface area contributed by atoms with E-state index in [2.05, 4.69) is 29.4 Å². The Bertz CT molecular complexity index is 749. The number of rotatable bonds is 4. The monoisotopic (exact) mass is 373 g/mol. The van der Waals surface area contributed by atoms with Crippen LogP contribution in [0.5, 0.6) is 0 Å². The Morgan fingerprint density at radius 1 is 1.24 bits per heavy atom. The van der Waals surface area contributed by atoms with Gasteiger partial charge in [-0.3, -0.25) is 9.89 Å². The fourth-order valence-electron chi connectivity index (χ4n) is 2.50. The second kappa shape index (κ2) is 8.41. The van der Waals surface area contributed by atoms with E-state index in [1.165, 1.54) is 5.56 Å². The summed E-state index contributed by atoms with van der Waals surface area (Å²) in [6.07, 6.45) is 0.781. The summed E-state index contributed by atoms with van der Waals surface area (Å²) in [4.78, 5) is 19.1. The molecule has 0 saturated carbocycles. The van der Waals surface area contributed by atoms with Crippen molar-refractivity contribution in [2.24, 2.45) is 4.99 Å². The highest BCUT2D eigenvalue weighted by atomic mass is 35.5. The van der Waals surface area contributed by atoms with Crippen LogP contribution in [0.1, 0.15) is 12.5 Å². The first-order chi connectivity index (χ1) is 12.1. The van der Waals surface area contributed by atoms with Crippen LogP contribution in [0.2, 0.25) is 5.02 Å². The molecule has 0 spiro atoms. The van der Waals surface area contributed by atoms with Gasteiger partial charge in [-0.05, 0) is 36.2 Å². The highest BCUT2D eigenvalue weighted by Crippen LogP contribution is 2.24. The number of hydrogen-bond donors (Lipinski definition) is 1. The largest absolute Gasteiger partial charge is 0.327 e. The number of nitrogens with one attached hydrogen (secondary N) is 1. The second-order valence-corrected chi connectivity index (χ2v) is 7.72. The molecule has 0 saturated heterocycles. The van der Waals surface area contributed by atoms with Crippen molar-refractivity contribution in [2.45, 2.75) is 18.6 Å². The number of benzene rings is 2. The van der Waals surface area contributed by atoms with Gasteiger partial charge in [-0.2, -0.15) is 0 Å². The standard InChI is InChI=1S/C19H20ClN3OS/c1-14-13-21-19(25-14)23(12-11-15-5-3-2-4-6-15)18(24)22-17-9-7-16(20)8-10-17/h2-10,14H,11-13H2,1H3,(H,22,24)/t14-/m1/s1. The van der Waals surface area contributed by atoms with E-state index in [1.807, 2.05) is 18.2 Å². The number of urea groups is 1. The van der Waals surface area contributed by atoms with E-state index in [9.17, 15) is 4.79 Å². The number of hydrogen-bond acceptors (Lipinski definition) is 3. The minimum absolute atomic E-state index is 0.168. The number of thioether (sulfide) groups is 1. The lowest BCUT2D eigenvalue weighted by molar-refractivity contribution is 0.234. The maximum atomic E-state index is 12.8. The molecule has 1 atom stereocenters. The van der Waals surface area contributed by atoms with Gasteiger partial charge in [-0.15, -0.1) is 0 Å². The smallest absolute Gasteiger partial charge is 0.307 e. The number of carbonyl (C=O) groups excluding carboxylic acids is 1. The Hall–Kier alpha value is -1.98. The Morgan fingerprint density at radius 2 is 1.96 bits per heavy atom. The molecule has 2 aromatic carbocycles. The van der Waals surface area contributed by atoms with Gasteiger partial charge < -0.3 is 5.32 Å². The Morgan fingerprint density at radius 3 is 2.60 bits per heavy atom. The van der Waals surface area contributed by atoms with Crippen molar-refractivity contribution in [1.82, 2.24) is 4.90 Å². The number of halogens is 1. The summed E-state index contributed by atoms with van der Waals surface area (Å²) >= 11 is 7.55. The fourth-order valence-corrected chi connectivity index (χ4v) is 3.59. The van der Waals surface area contributed by atoms with Crippen LogP contribution in [0, 0.1) is 0 Å². The minimum atomic E-state index is -0.168. The van der Waals surface area contributed by atoms with Gasteiger partial charge in [0.25, 0.3) is 0 Å². The summed E-state index contributed by atoms with van der Waals surface area (Å²) in [6.45, 7) is 3.45. The highest BCUT2D eigenvalue weighted by Gasteiger charge is 2.25. The van der Waals surface area contributed by atoms with Crippen LogP contribution in [-0.4, -0.2) is 34.4 Å². The molecular formula is C19H20ClN3OS. The van der Waals surface area contributed by atoms with E-state index in [0.717, 1.165) is 23.8 Å². The van der Waals surface area contributed by atoms with Crippen LogP contribution in [0.4, 0.5) is 10.5 Å². The van der Waals surface area contributed by atoms with E-state index in [1.54, 1.807) is 40.9 Å². The summed E-state index contributed by atoms with van der Waals surface area (Å²) in [5, 5.41) is 4.76. The number of anilines is 1. The maximum Gasteiger partial charge on any atom is 0.327 e. The van der Waals surface area contributed by atoms with E-state index < -0.39 is 0 Å². The van der Waals surface area contributed by atoms with Crippen LogP contribution in [0.3, 0.4) is 0 Å². The van der Waals surface area contributed by atoms with Crippen LogP contribution in [0.25, 0.3) is 0 Å². The zero-order valence-corrected chi connectivity index (χ0v) is 15.6. The quantitative estimate of drug-likeness (QED) is 0.827. The second-order valence-electron chi connectivity index (χ2n) is 5.88. The molecular weight excluding hydrogens is 354 g/mol. The molecule has 6 heteroatoms. The van der Waals surface area contributed by atoms with Crippen LogP contribution in [0.15, 0.2) is 59.6 Å². The first-order valence-electron chi connectivity index (χ1n) is 8.21. The molecule has 1 aliphatic heterocycles. The summed E-state index contributed by atoms with van der Waals surface area (Å²) < 4.78 is 0. The molecule has 0 radical (unpaired) electrons. The fraction of sp³-hybridized carbons (Fsp3) is 0.263. The van der Waals surface area contributed by atoms with E-state index >= 15 is 0 Å². The summed E-state index contributed by atoms with van der Waals surface area (Å²) in [6, 6.07) is 17.1. The molecule has 1 heterocycles. The zero-order chi connectivity index (χ0) is 17.6. The van der Waals surface area contributed by atoms with Crippen LogP contribution >= 0.6 is 23.4 Å². The molecule has 3 rings (SSSR count). The predicted octanol–water partition coefficient (Wildman–Crippen LogP) is 4.91. The molecule has 2 aromatic rings. The van der Waals surface area contributed by atoms with E-state index in [0.29, 0.717) is 16.8 Å². The Labute approximate surface area is 157 Å². The van der Waals surface area contributed by atoms with Gasteiger partial charge in [0, 0.05) is 22.5 Å². The van der Waals surface area contributed by atoms with Gasteiger partial charge in [-0.25, -0.2) is 4.79 Å². The van der Waals surface area contributed by atoms with Gasteiger partial charge in [0.2, 0.25) is 0 Å². The van der Waals surface area contributed by atoms with Crippen molar-refractivity contribution in [3.8, 4) is 0 Å². The molecule has 0 bridgehead atoms. The first kappa shape index (κ1) is 17.8. The zero-order valence-electron chi connectivity index (χ0n) is 14.0. The van der Waals surface area contributed by atoms with Gasteiger partial charge in [0.1, 0.15) is 0 Å². The lowest BCUT2D eigenvalue weighted by Gasteiger charge is -2.23. The number of carbonyl (C=O) groups is 1. The number of aliphatic imine (C=N–C) groups is 1. The average molecular weight is 374 g/mol. The maximum absolute atomic E-state index is 12.8. The third-order valence-corrected chi connectivity index (χ3v) is 5.19. The molecule has 0 aliphatic carbocycles. The molecule has 130 valence electrons. The average Bonchev–Trinajstić information content (AvgIpc) is 3.04. The number of amidine groups is 1. The third kappa shape index (κ3) is 5.00. The SMILES string of the molecule is C[C@@H]1CN=C(N(CCc2ccccc2)C(=O)Nc2ccc(Cl)cc2)S1. The van der Waals surface area contributed by atoms with Crippen LogP contribution < -0.4 is 5.32 Å². The molecule has 0 aromatic heterocycles. The molecule has 0 fully saturated rings. The lowest BCUT2D eigenvalue weighted by atomic mass is 10.1. The Balaban J connectivity index is 1.71. The number of nitrogens with zero attached hydrogens (tertiary/aromatic N) is 2. The van der Waals surface area contributed by atoms with Crippen molar-refractivity contribution in [2.75, 3.05) is 18.4 Å². The molecule has 0 unspecified atom stereocenters. The normalized spacial score (nSPS) is 16.4. The lowest BCUT2D eigenvalue weighted by Crippen LogP contribution is -2.39. The molecule has 1 N–H and O–H groups in total. The predicted molar refractivity (Wildman–Crippen MR) is 107 cm³/mol. The summed E-state index contributed by atoms with van der Waals surface area (Å²) in [5.74, 6) is 0. The number of amides is 2. The van der Waals surface area contributed by atoms with Gasteiger partial charge in [0.15, 0.2) is 5.17 Å². The van der Waals surface area contributed by atoms with E-state index in [4.69, 9.17) is 11.6 Å². The Kier molecular flexibility index (Phi) is 6.00. The summed E-state index contributed by atoms with van der Waals surface area (Å²) in [5.41, 5.74) is 1.92. The first-order valence-corrected chi connectivity index (χ1v) is 9.47. The van der Waals surface area contributed by atoms with Crippen molar-refractivity contribution < 1.29 is 4.79 Å². The molecule has 1 aliphatic rings. The van der Waals surface area contributed by atoms with E-state index in [-0.39, 0.29) is 6.03 Å². The summed E-state index contributed by atoms with van der Waals surface area (Å²) in [7, 11) is 0. The van der Waals surface area contributed by atoms with Crippen LogP contribution in [-0.2, 0) is 6.42 Å². The molecule has 25 heavy (non-hydrogen) atoms. The van der Waals surface area contributed by atoms with Crippen molar-refractivity contribution in [1.29, 1.82) is 0 Å². The van der Waals surface area contributed by atoms with Gasteiger partial charge in [0.05, 0.1) is 6.54 Å². The highest BCUT2D eigenvalue weighted by molar-refractivity contribution is 8.14. The van der Waals surface area contributed by atoms with Gasteiger partial charge >= 0.3 is 6.03 Å². The van der Waals surface area contributed by atoms with Gasteiger partial charge in [-0.1, -0.05) is 60.6 Å². The van der Waals surface area contributed by atoms with Crippen molar-refractivity contribution in [3.63, 3.8) is 0 Å². The van der Waals surface area contributed by atoms with Crippen molar-refractivity contribution in [3.05, 3.63) is 65.2 Å². The third-order valence-electron chi connectivity index (χ3n) is 3.83. The minimum Gasteiger partial charge on any atom is -0.307 e. The topological polar surface area (TPSA) is 44.7 Å².